The van der Waals surface area contributed by atoms with Crippen LogP contribution in [0.15, 0.2) is 62.6 Å². The zero-order chi connectivity index (χ0) is 29.3. The third kappa shape index (κ3) is 12.2. The summed E-state index contributed by atoms with van der Waals surface area (Å²) >= 11 is 7.41. The minimum Gasteiger partial charge on any atom is -0.471 e. The molecule has 2 rings (SSSR count). The molecule has 38 heavy (non-hydrogen) atoms. The van der Waals surface area contributed by atoms with E-state index in [0.717, 1.165) is 16.7 Å². The minimum absolute atomic E-state index is 0.0459. The molecule has 212 valence electrons. The number of methoxy groups -OCH3 is 1. The van der Waals surface area contributed by atoms with Gasteiger partial charge in [0.25, 0.3) is 6.47 Å². The Balaban J connectivity index is 0.00000208. The smallest absolute Gasteiger partial charge is 0.292 e. The molecular weight excluding hydrogens is 532 g/mol. The number of allylic oxidation sites excluding steroid dienone is 3. The number of alkyl halides is 1. The number of nitrogens with zero attached hydrogens (tertiary/aromatic N) is 2. The number of halogens is 3. The molecule has 0 radical (unpaired) electrons. The van der Waals surface area contributed by atoms with Gasteiger partial charge in [0.2, 0.25) is 0 Å². The first-order chi connectivity index (χ1) is 18.1. The van der Waals surface area contributed by atoms with Crippen molar-refractivity contribution in [3.8, 4) is 0 Å². The molecule has 0 spiro atoms. The number of nitrogens with two attached hydrogens (primary N) is 3. The maximum atomic E-state index is 14.1. The molecule has 7 nitrogen and oxygen atoms in total. The summed E-state index contributed by atoms with van der Waals surface area (Å²) in [5, 5.41) is 2.06. The number of amidine groups is 1. The molecule has 0 amide bonds. The van der Waals surface area contributed by atoms with E-state index >= 15 is 0 Å². The Hall–Kier alpha value is -2.69. The molecule has 0 bridgehead atoms. The van der Waals surface area contributed by atoms with Gasteiger partial charge in [-0.3, -0.25) is 14.8 Å². The molecule has 1 aliphatic rings. The molecule has 0 fully saturated rings. The van der Waals surface area contributed by atoms with Crippen LogP contribution in [-0.4, -0.2) is 49.8 Å². The van der Waals surface area contributed by atoms with E-state index in [2.05, 4.69) is 14.7 Å². The Kier molecular flexibility index (Phi) is 18.0. The Morgan fingerprint density at radius 1 is 1.32 bits per heavy atom. The lowest BCUT2D eigenvalue weighted by atomic mass is 10.0. The van der Waals surface area contributed by atoms with Gasteiger partial charge < -0.3 is 21.9 Å². The number of aliphatic imine (C=N–C) groups is 2. The number of carbonyl (C=O) groups is 1. The minimum atomic E-state index is -1.36. The van der Waals surface area contributed by atoms with E-state index in [1.165, 1.54) is 38.6 Å². The van der Waals surface area contributed by atoms with Crippen LogP contribution in [-0.2, 0) is 9.53 Å². The molecule has 1 aromatic rings. The summed E-state index contributed by atoms with van der Waals surface area (Å²) in [7, 11) is 1.31. The Labute approximate surface area is 234 Å². The first-order valence-corrected chi connectivity index (χ1v) is 13.5. The van der Waals surface area contributed by atoms with Crippen molar-refractivity contribution in [2.24, 2.45) is 27.2 Å². The van der Waals surface area contributed by atoms with Crippen LogP contribution in [0.1, 0.15) is 52.5 Å². The van der Waals surface area contributed by atoms with Gasteiger partial charge in [0.15, 0.2) is 6.30 Å². The number of rotatable bonds is 12. The van der Waals surface area contributed by atoms with Crippen molar-refractivity contribution >= 4 is 41.9 Å². The zero-order valence-electron chi connectivity index (χ0n) is 22.8. The fourth-order valence-electron chi connectivity index (χ4n) is 3.26. The fraction of sp³-hybridized carbons (Fsp3) is 0.444. The molecule has 11 heteroatoms. The van der Waals surface area contributed by atoms with Gasteiger partial charge in [0, 0.05) is 29.9 Å². The van der Waals surface area contributed by atoms with Crippen molar-refractivity contribution in [1.82, 2.24) is 0 Å². The van der Waals surface area contributed by atoms with Gasteiger partial charge in [-0.15, -0.1) is 11.8 Å². The Morgan fingerprint density at radius 3 is 2.45 bits per heavy atom. The largest absolute Gasteiger partial charge is 0.471 e. The number of hydrogen-bond donors (Lipinski definition) is 3. The first kappa shape index (κ1) is 35.3. The third-order valence-corrected chi connectivity index (χ3v) is 6.39. The second-order valence-electron chi connectivity index (χ2n) is 7.83. The van der Waals surface area contributed by atoms with Crippen LogP contribution in [0.25, 0.3) is 0 Å². The SMILES string of the molecule is C/C=C\SC(C)C(N)=NCC(N)CC1=C(C(=C/N)/C=N/C(C)F)C1c1ccc(Cl)c(F)c1.CC.COC=O. The Bertz CT molecular complexity index is 1030. The van der Waals surface area contributed by atoms with Crippen LogP contribution in [0, 0.1) is 5.82 Å². The van der Waals surface area contributed by atoms with Crippen LogP contribution in [0.3, 0.4) is 0 Å². The summed E-state index contributed by atoms with van der Waals surface area (Å²) in [4.78, 5) is 17.2. The van der Waals surface area contributed by atoms with E-state index in [1.54, 1.807) is 17.8 Å². The van der Waals surface area contributed by atoms with Crippen molar-refractivity contribution in [1.29, 1.82) is 0 Å². The standard InChI is InChI=1S/C23H30ClF2N5S.C2H4O2.C2H6/c1-4-7-32-13(2)23(29)31-12-17(28)9-18-21(15-5-6-19(24)20(26)8-15)22(18)16(10-27)11-30-14(3)25;1-4-2-3;1-2/h4-8,10-11,13-14,17,21H,9,12,27-28H2,1-3H3,(H2,29,31);2H,1H3;1-2H3/b7-4-,16-10+,30-11+;;. The average Bonchev–Trinajstić information content (AvgIpc) is 3.61. The number of thioether (sulfide) groups is 1. The molecule has 0 saturated carbocycles. The number of carbonyl (C=O) groups excluding carboxylic acids is 1. The summed E-state index contributed by atoms with van der Waals surface area (Å²) < 4.78 is 31.2. The highest BCUT2D eigenvalue weighted by Gasteiger charge is 2.40. The summed E-state index contributed by atoms with van der Waals surface area (Å²) in [6.45, 7) is 9.97. The summed E-state index contributed by atoms with van der Waals surface area (Å²) in [5.41, 5.74) is 21.3. The van der Waals surface area contributed by atoms with Gasteiger partial charge in [-0.05, 0) is 55.9 Å². The van der Waals surface area contributed by atoms with Gasteiger partial charge in [0.1, 0.15) is 11.7 Å². The summed E-state index contributed by atoms with van der Waals surface area (Å²) in [6.07, 6.45) is 3.86. The molecule has 4 unspecified atom stereocenters. The second-order valence-corrected chi connectivity index (χ2v) is 9.49. The molecule has 0 aliphatic heterocycles. The van der Waals surface area contributed by atoms with Gasteiger partial charge in [-0.1, -0.05) is 43.2 Å². The van der Waals surface area contributed by atoms with Crippen molar-refractivity contribution in [3.05, 3.63) is 69.0 Å². The summed E-state index contributed by atoms with van der Waals surface area (Å²) in [5.74, 6) is -0.167. The fourth-order valence-corrected chi connectivity index (χ4v) is 3.98. The predicted octanol–water partition coefficient (Wildman–Crippen LogP) is 5.65. The average molecular weight is 572 g/mol. The maximum absolute atomic E-state index is 14.1. The second kappa shape index (κ2) is 19.4. The van der Waals surface area contributed by atoms with Crippen molar-refractivity contribution in [2.45, 2.75) is 64.5 Å². The molecular formula is C27H40ClF2N5O2S. The topological polar surface area (TPSA) is 129 Å². The zero-order valence-corrected chi connectivity index (χ0v) is 24.4. The molecule has 0 aromatic heterocycles. The lowest BCUT2D eigenvalue weighted by Crippen LogP contribution is -2.28. The normalized spacial score (nSPS) is 17.8. The highest BCUT2D eigenvalue weighted by molar-refractivity contribution is 8.03. The van der Waals surface area contributed by atoms with Crippen molar-refractivity contribution < 1.29 is 18.3 Å². The highest BCUT2D eigenvalue weighted by atomic mass is 35.5. The molecule has 1 aliphatic carbocycles. The maximum Gasteiger partial charge on any atom is 0.292 e. The van der Waals surface area contributed by atoms with E-state index in [9.17, 15) is 8.78 Å². The van der Waals surface area contributed by atoms with Gasteiger partial charge in [-0.25, -0.2) is 8.78 Å². The lowest BCUT2D eigenvalue weighted by Gasteiger charge is -2.11. The number of benzene rings is 1. The van der Waals surface area contributed by atoms with Crippen molar-refractivity contribution in [2.75, 3.05) is 13.7 Å². The molecule has 0 saturated heterocycles. The van der Waals surface area contributed by atoms with E-state index in [-0.39, 0.29) is 22.2 Å². The lowest BCUT2D eigenvalue weighted by molar-refractivity contribution is -0.126. The van der Waals surface area contributed by atoms with E-state index in [0.29, 0.717) is 30.8 Å². The van der Waals surface area contributed by atoms with E-state index in [1.807, 2.05) is 39.2 Å². The predicted molar refractivity (Wildman–Crippen MR) is 158 cm³/mol. The molecule has 4 atom stereocenters. The quantitative estimate of drug-likeness (QED) is 0.129. The van der Waals surface area contributed by atoms with Gasteiger partial charge in [-0.2, -0.15) is 0 Å². The van der Waals surface area contributed by atoms with Crippen LogP contribution < -0.4 is 17.2 Å². The van der Waals surface area contributed by atoms with Crippen LogP contribution >= 0.6 is 23.4 Å². The van der Waals surface area contributed by atoms with E-state index in [4.69, 9.17) is 33.6 Å². The number of ether oxygens (including phenoxy) is 1. The molecule has 1 aromatic carbocycles. The first-order valence-electron chi connectivity index (χ1n) is 12.2. The third-order valence-electron chi connectivity index (χ3n) is 5.01. The monoisotopic (exact) mass is 571 g/mol. The number of hydrogen-bond acceptors (Lipinski definition) is 7. The van der Waals surface area contributed by atoms with Crippen molar-refractivity contribution in [3.63, 3.8) is 0 Å². The molecule has 0 heterocycles. The Morgan fingerprint density at radius 2 is 1.95 bits per heavy atom. The van der Waals surface area contributed by atoms with Crippen LogP contribution in [0.2, 0.25) is 5.02 Å². The van der Waals surface area contributed by atoms with E-state index < -0.39 is 12.1 Å². The van der Waals surface area contributed by atoms with Crippen LogP contribution in [0.4, 0.5) is 8.78 Å². The van der Waals surface area contributed by atoms with Crippen LogP contribution in [0.5, 0.6) is 0 Å². The van der Waals surface area contributed by atoms with Gasteiger partial charge in [0.05, 0.1) is 23.9 Å². The highest BCUT2D eigenvalue weighted by Crippen LogP contribution is 2.53. The van der Waals surface area contributed by atoms with Gasteiger partial charge >= 0.3 is 0 Å². The molecule has 6 N–H and O–H groups in total. The summed E-state index contributed by atoms with van der Waals surface area (Å²) in [6, 6.07) is 4.37.